The molecule has 0 spiro atoms. The number of rotatable bonds is 2. The van der Waals surface area contributed by atoms with Crippen molar-refractivity contribution in [1.29, 1.82) is 0 Å². The van der Waals surface area contributed by atoms with Crippen LogP contribution in [0.2, 0.25) is 0 Å². The van der Waals surface area contributed by atoms with Crippen LogP contribution in [0.4, 0.5) is 0 Å². The van der Waals surface area contributed by atoms with E-state index < -0.39 is 0 Å². The second-order valence-corrected chi connectivity index (χ2v) is 7.44. The molecular weight excluding hydrogens is 404 g/mol. The van der Waals surface area contributed by atoms with Gasteiger partial charge in [0.1, 0.15) is 11.1 Å². The van der Waals surface area contributed by atoms with E-state index in [2.05, 4.69) is 31.9 Å². The van der Waals surface area contributed by atoms with Gasteiger partial charge in [0, 0.05) is 11.0 Å². The van der Waals surface area contributed by atoms with E-state index in [0.717, 1.165) is 8.26 Å². The van der Waals surface area contributed by atoms with Gasteiger partial charge in [-0.2, -0.15) is 0 Å². The second kappa shape index (κ2) is 5.96. The van der Waals surface area contributed by atoms with E-state index in [1.165, 1.54) is 11.3 Å². The summed E-state index contributed by atoms with van der Waals surface area (Å²) in [5.74, 6) is -0.0176. The molecule has 1 aliphatic rings. The van der Waals surface area contributed by atoms with E-state index in [-0.39, 0.29) is 12.0 Å². The maximum Gasteiger partial charge on any atom is 0.264 e. The van der Waals surface area contributed by atoms with Crippen LogP contribution in [0, 0.1) is 0 Å². The molecule has 1 aliphatic heterocycles. The van der Waals surface area contributed by atoms with Gasteiger partial charge in [-0.3, -0.25) is 4.79 Å². The summed E-state index contributed by atoms with van der Waals surface area (Å²) in [4.78, 5) is 15.0. The molecule has 1 aromatic heterocycles. The molecule has 0 aromatic carbocycles. The Labute approximate surface area is 131 Å². The molecule has 0 saturated carbocycles. The summed E-state index contributed by atoms with van der Waals surface area (Å²) in [6.45, 7) is 1.44. The first kappa shape index (κ1) is 14.4. The SMILES string of the molecule is NC(=S)C1CN(C(=O)c2cc(Br)c(Br)s2)CCO1. The highest BCUT2D eigenvalue weighted by Gasteiger charge is 2.27. The van der Waals surface area contributed by atoms with Gasteiger partial charge >= 0.3 is 0 Å². The van der Waals surface area contributed by atoms with Crippen LogP contribution in [0.25, 0.3) is 0 Å². The predicted octanol–water partition coefficient (Wildman–Crippen LogP) is 2.40. The lowest BCUT2D eigenvalue weighted by Gasteiger charge is -2.32. The Morgan fingerprint density at radius 2 is 2.33 bits per heavy atom. The number of halogens is 2. The first-order valence-corrected chi connectivity index (χ1v) is 7.95. The summed E-state index contributed by atoms with van der Waals surface area (Å²) < 4.78 is 7.20. The molecule has 2 rings (SSSR count). The summed E-state index contributed by atoms with van der Waals surface area (Å²) in [7, 11) is 0. The molecule has 8 heteroatoms. The Morgan fingerprint density at radius 3 is 2.89 bits per heavy atom. The fraction of sp³-hybridized carbons (Fsp3) is 0.400. The molecule has 98 valence electrons. The summed E-state index contributed by atoms with van der Waals surface area (Å²) in [6, 6.07) is 1.81. The molecule has 0 radical (unpaired) electrons. The molecular formula is C10H10Br2N2O2S2. The number of nitrogens with two attached hydrogens (primary N) is 1. The number of carbonyl (C=O) groups is 1. The predicted molar refractivity (Wildman–Crippen MR) is 82.1 cm³/mol. The van der Waals surface area contributed by atoms with E-state index in [0.29, 0.717) is 29.6 Å². The molecule has 1 fully saturated rings. The Morgan fingerprint density at radius 1 is 1.61 bits per heavy atom. The maximum atomic E-state index is 12.3. The second-order valence-electron chi connectivity index (χ2n) is 3.75. The Hall–Kier alpha value is -0.0200. The van der Waals surface area contributed by atoms with Crippen LogP contribution in [-0.2, 0) is 4.74 Å². The van der Waals surface area contributed by atoms with Crippen molar-refractivity contribution in [3.8, 4) is 0 Å². The largest absolute Gasteiger partial charge is 0.391 e. The van der Waals surface area contributed by atoms with Crippen LogP contribution in [0.15, 0.2) is 14.3 Å². The van der Waals surface area contributed by atoms with Gasteiger partial charge in [0.25, 0.3) is 5.91 Å². The third-order valence-corrected chi connectivity index (χ3v) is 6.03. The van der Waals surface area contributed by atoms with Crippen molar-refractivity contribution in [2.45, 2.75) is 6.10 Å². The summed E-state index contributed by atoms with van der Waals surface area (Å²) >= 11 is 13.0. The summed E-state index contributed by atoms with van der Waals surface area (Å²) in [5, 5.41) is 0. The fourth-order valence-corrected chi connectivity index (χ4v) is 3.76. The smallest absolute Gasteiger partial charge is 0.264 e. The van der Waals surface area contributed by atoms with Crippen molar-refractivity contribution in [2.24, 2.45) is 5.73 Å². The van der Waals surface area contributed by atoms with Crippen molar-refractivity contribution in [3.05, 3.63) is 19.2 Å². The standard InChI is InChI=1S/C10H10Br2N2O2S2/c11-5-3-7(18-8(5)12)10(15)14-1-2-16-6(4-14)9(13)17/h3,6H,1-2,4H2,(H2,13,17). The monoisotopic (exact) mass is 412 g/mol. The quantitative estimate of drug-likeness (QED) is 0.756. The highest BCUT2D eigenvalue weighted by molar-refractivity contribution is 9.13. The Bertz CT molecular complexity index is 473. The minimum absolute atomic E-state index is 0.0176. The normalized spacial score (nSPS) is 19.9. The molecule has 1 aromatic rings. The molecule has 1 unspecified atom stereocenters. The van der Waals surface area contributed by atoms with Crippen LogP contribution < -0.4 is 5.73 Å². The lowest BCUT2D eigenvalue weighted by atomic mass is 10.2. The molecule has 4 nitrogen and oxygen atoms in total. The van der Waals surface area contributed by atoms with Crippen LogP contribution in [0.1, 0.15) is 9.67 Å². The van der Waals surface area contributed by atoms with E-state index in [9.17, 15) is 4.79 Å². The molecule has 0 aliphatic carbocycles. The van der Waals surface area contributed by atoms with E-state index in [1.807, 2.05) is 6.07 Å². The van der Waals surface area contributed by atoms with Crippen LogP contribution in [0.3, 0.4) is 0 Å². The Kier molecular flexibility index (Phi) is 4.76. The first-order valence-electron chi connectivity index (χ1n) is 5.14. The molecule has 18 heavy (non-hydrogen) atoms. The zero-order chi connectivity index (χ0) is 13.3. The van der Waals surface area contributed by atoms with Crippen molar-refractivity contribution >= 4 is 66.3 Å². The van der Waals surface area contributed by atoms with Gasteiger partial charge in [0.05, 0.1) is 21.8 Å². The number of carbonyl (C=O) groups excluding carboxylic acids is 1. The summed E-state index contributed by atoms with van der Waals surface area (Å²) in [6.07, 6.45) is -0.343. The van der Waals surface area contributed by atoms with E-state index in [1.54, 1.807) is 4.90 Å². The minimum atomic E-state index is -0.343. The lowest BCUT2D eigenvalue weighted by molar-refractivity contribution is 0.00903. The van der Waals surface area contributed by atoms with Crippen LogP contribution in [0.5, 0.6) is 0 Å². The van der Waals surface area contributed by atoms with E-state index in [4.69, 9.17) is 22.7 Å². The molecule has 2 N–H and O–H groups in total. The molecule has 2 heterocycles. The number of thiocarbonyl (C=S) groups is 1. The third-order valence-electron chi connectivity index (χ3n) is 2.53. The van der Waals surface area contributed by atoms with Gasteiger partial charge in [-0.05, 0) is 37.9 Å². The van der Waals surface area contributed by atoms with Gasteiger partial charge in [0.2, 0.25) is 0 Å². The highest BCUT2D eigenvalue weighted by atomic mass is 79.9. The van der Waals surface area contributed by atoms with Crippen molar-refractivity contribution in [1.82, 2.24) is 4.90 Å². The number of ether oxygens (including phenoxy) is 1. The number of hydrogen-bond acceptors (Lipinski definition) is 4. The van der Waals surface area contributed by atoms with Gasteiger partial charge in [-0.15, -0.1) is 11.3 Å². The number of nitrogens with zero attached hydrogens (tertiary/aromatic N) is 1. The van der Waals surface area contributed by atoms with Crippen molar-refractivity contribution in [2.75, 3.05) is 19.7 Å². The minimum Gasteiger partial charge on any atom is -0.391 e. The van der Waals surface area contributed by atoms with Crippen molar-refractivity contribution < 1.29 is 9.53 Å². The molecule has 1 saturated heterocycles. The van der Waals surface area contributed by atoms with Crippen LogP contribution in [-0.4, -0.2) is 41.6 Å². The number of hydrogen-bond donors (Lipinski definition) is 1. The zero-order valence-corrected chi connectivity index (χ0v) is 14.0. The maximum absolute atomic E-state index is 12.3. The van der Waals surface area contributed by atoms with Gasteiger partial charge in [-0.25, -0.2) is 0 Å². The topological polar surface area (TPSA) is 55.6 Å². The molecule has 1 atom stereocenters. The molecule has 0 bridgehead atoms. The number of morpholine rings is 1. The number of thiophene rings is 1. The fourth-order valence-electron chi connectivity index (χ4n) is 1.61. The Balaban J connectivity index is 2.11. The zero-order valence-electron chi connectivity index (χ0n) is 9.19. The summed E-state index contributed by atoms with van der Waals surface area (Å²) in [5.41, 5.74) is 5.55. The van der Waals surface area contributed by atoms with E-state index >= 15 is 0 Å². The first-order chi connectivity index (χ1) is 8.49. The van der Waals surface area contributed by atoms with Gasteiger partial charge in [0.15, 0.2) is 0 Å². The average Bonchev–Trinajstić information content (AvgIpc) is 2.69. The highest BCUT2D eigenvalue weighted by Crippen LogP contribution is 2.33. The van der Waals surface area contributed by atoms with Crippen molar-refractivity contribution in [3.63, 3.8) is 0 Å². The van der Waals surface area contributed by atoms with Gasteiger partial charge in [-0.1, -0.05) is 12.2 Å². The molecule has 1 amide bonds. The average molecular weight is 414 g/mol. The lowest BCUT2D eigenvalue weighted by Crippen LogP contribution is -2.49. The van der Waals surface area contributed by atoms with Gasteiger partial charge < -0.3 is 15.4 Å². The van der Waals surface area contributed by atoms with Crippen LogP contribution >= 0.6 is 55.4 Å². The third kappa shape index (κ3) is 3.11. The number of amides is 1.